The van der Waals surface area contributed by atoms with E-state index in [0.717, 1.165) is 19.1 Å². The van der Waals surface area contributed by atoms with E-state index >= 15 is 0 Å². The second-order valence-electron chi connectivity index (χ2n) is 3.92. The molecule has 1 heterocycles. The number of nitrogens with zero attached hydrogens (tertiary/aromatic N) is 1. The first-order valence-electron chi connectivity index (χ1n) is 5.32. The molecule has 0 bridgehead atoms. The van der Waals surface area contributed by atoms with Crippen molar-refractivity contribution in [1.29, 1.82) is 0 Å². The maximum Gasteiger partial charge on any atom is 0.238 e. The number of sulfonamides is 1. The van der Waals surface area contributed by atoms with E-state index in [9.17, 15) is 13.2 Å². The van der Waals surface area contributed by atoms with Crippen LogP contribution in [0, 0.1) is 0 Å². The number of carbonyl (C=O) groups is 1. The number of piperidine rings is 1. The number of carbonyl (C=O) groups excluding carboxylic acids is 1. The highest BCUT2D eigenvalue weighted by atomic mass is 32.2. The molecule has 0 spiro atoms. The average molecular weight is 246 g/mol. The molecule has 0 aromatic rings. The minimum absolute atomic E-state index is 0.231. The smallest absolute Gasteiger partial charge is 0.238 e. The molecular formula is C10H18N2O3S. The number of nitrogens with one attached hydrogen (secondary N) is 1. The van der Waals surface area contributed by atoms with Crippen molar-refractivity contribution in [2.45, 2.75) is 25.3 Å². The van der Waals surface area contributed by atoms with Crippen molar-refractivity contribution >= 4 is 15.9 Å². The number of hydrogen-bond donors (Lipinski definition) is 1. The van der Waals surface area contributed by atoms with Crippen molar-refractivity contribution in [2.75, 3.05) is 19.3 Å². The van der Waals surface area contributed by atoms with Gasteiger partial charge in [-0.3, -0.25) is 4.79 Å². The van der Waals surface area contributed by atoms with Crippen LogP contribution < -0.4 is 5.32 Å². The summed E-state index contributed by atoms with van der Waals surface area (Å²) >= 11 is 0. The Bertz CT molecular complexity index is 364. The molecule has 1 amide bonds. The molecular weight excluding hydrogens is 228 g/mol. The lowest BCUT2D eigenvalue weighted by Crippen LogP contribution is -2.51. The lowest BCUT2D eigenvalue weighted by atomic mass is 10.0. The van der Waals surface area contributed by atoms with Gasteiger partial charge in [0.2, 0.25) is 15.9 Å². The van der Waals surface area contributed by atoms with Crippen LogP contribution in [-0.4, -0.2) is 44.0 Å². The van der Waals surface area contributed by atoms with Crippen LogP contribution in [0.15, 0.2) is 12.7 Å². The molecule has 1 aliphatic heterocycles. The maximum atomic E-state index is 11.7. The monoisotopic (exact) mass is 246 g/mol. The van der Waals surface area contributed by atoms with Gasteiger partial charge in [-0.15, -0.1) is 6.58 Å². The Labute approximate surface area is 96.6 Å². The summed E-state index contributed by atoms with van der Waals surface area (Å²) in [6.07, 6.45) is 5.02. The fraction of sp³-hybridized carbons (Fsp3) is 0.700. The fourth-order valence-electron chi connectivity index (χ4n) is 1.85. The Morgan fingerprint density at radius 3 is 2.81 bits per heavy atom. The molecule has 0 saturated carbocycles. The lowest BCUT2D eigenvalue weighted by Gasteiger charge is -2.32. The largest absolute Gasteiger partial charge is 0.351 e. The first-order valence-corrected chi connectivity index (χ1v) is 7.17. The summed E-state index contributed by atoms with van der Waals surface area (Å²) in [5.74, 6) is -0.231. The topological polar surface area (TPSA) is 66.5 Å². The first kappa shape index (κ1) is 13.2. The third-order valence-corrected chi connectivity index (χ3v) is 3.89. The highest BCUT2D eigenvalue weighted by Crippen LogP contribution is 2.19. The Morgan fingerprint density at radius 1 is 1.56 bits per heavy atom. The molecule has 1 aliphatic rings. The number of amides is 1. The highest BCUT2D eigenvalue weighted by molar-refractivity contribution is 7.88. The molecule has 0 aromatic carbocycles. The zero-order valence-electron chi connectivity index (χ0n) is 9.48. The Hall–Kier alpha value is -0.880. The molecule has 1 fully saturated rings. The van der Waals surface area contributed by atoms with Gasteiger partial charge in [0, 0.05) is 13.1 Å². The molecule has 1 saturated heterocycles. The van der Waals surface area contributed by atoms with Crippen LogP contribution >= 0.6 is 0 Å². The molecule has 0 aliphatic carbocycles. The van der Waals surface area contributed by atoms with Gasteiger partial charge in [0.05, 0.1) is 6.26 Å². The van der Waals surface area contributed by atoms with Gasteiger partial charge in [0.15, 0.2) is 0 Å². The van der Waals surface area contributed by atoms with Crippen LogP contribution in [0.4, 0.5) is 0 Å². The zero-order chi connectivity index (χ0) is 12.2. The molecule has 5 nitrogen and oxygen atoms in total. The van der Waals surface area contributed by atoms with Gasteiger partial charge < -0.3 is 5.32 Å². The summed E-state index contributed by atoms with van der Waals surface area (Å²) in [5.41, 5.74) is 0. The minimum atomic E-state index is -3.30. The van der Waals surface area contributed by atoms with E-state index in [1.807, 2.05) is 0 Å². The average Bonchev–Trinajstić information content (AvgIpc) is 2.24. The summed E-state index contributed by atoms with van der Waals surface area (Å²) in [6, 6.07) is -0.552. The van der Waals surface area contributed by atoms with Crippen molar-refractivity contribution in [3.63, 3.8) is 0 Å². The normalized spacial score (nSPS) is 22.7. The van der Waals surface area contributed by atoms with Gasteiger partial charge in [0.25, 0.3) is 0 Å². The van der Waals surface area contributed by atoms with E-state index in [0.29, 0.717) is 19.5 Å². The van der Waals surface area contributed by atoms with Crippen LogP contribution in [0.1, 0.15) is 19.3 Å². The molecule has 0 unspecified atom stereocenters. The van der Waals surface area contributed by atoms with Crippen LogP contribution in [0.25, 0.3) is 0 Å². The summed E-state index contributed by atoms with van der Waals surface area (Å²) in [5, 5.41) is 2.64. The molecule has 0 radical (unpaired) electrons. The van der Waals surface area contributed by atoms with Crippen LogP contribution in [-0.2, 0) is 14.8 Å². The standard InChI is InChI=1S/C10H18N2O3S/c1-3-7-11-10(13)9-6-4-5-8-12(9)16(2,14)15/h3,9H,1,4-8H2,2H3,(H,11,13)/t9-/m1/s1. The van der Waals surface area contributed by atoms with E-state index in [-0.39, 0.29) is 5.91 Å². The molecule has 92 valence electrons. The summed E-state index contributed by atoms with van der Waals surface area (Å²) in [4.78, 5) is 11.7. The number of rotatable bonds is 4. The molecule has 1 rings (SSSR count). The lowest BCUT2D eigenvalue weighted by molar-refractivity contribution is -0.125. The number of hydrogen-bond acceptors (Lipinski definition) is 3. The third-order valence-electron chi connectivity index (χ3n) is 2.60. The Balaban J connectivity index is 2.74. The van der Waals surface area contributed by atoms with E-state index < -0.39 is 16.1 Å². The Morgan fingerprint density at radius 2 is 2.25 bits per heavy atom. The predicted octanol–water partition coefficient (Wildman–Crippen LogP) is 0.103. The summed E-state index contributed by atoms with van der Waals surface area (Å²) in [7, 11) is -3.30. The summed E-state index contributed by atoms with van der Waals surface area (Å²) in [6.45, 7) is 4.30. The van der Waals surface area contributed by atoms with Crippen molar-refractivity contribution in [2.24, 2.45) is 0 Å². The van der Waals surface area contributed by atoms with E-state index in [4.69, 9.17) is 0 Å². The zero-order valence-corrected chi connectivity index (χ0v) is 10.3. The third kappa shape index (κ3) is 3.31. The van der Waals surface area contributed by atoms with Gasteiger partial charge in [-0.1, -0.05) is 12.5 Å². The van der Waals surface area contributed by atoms with Crippen molar-refractivity contribution in [3.8, 4) is 0 Å². The van der Waals surface area contributed by atoms with Crippen molar-refractivity contribution in [1.82, 2.24) is 9.62 Å². The summed E-state index contributed by atoms with van der Waals surface area (Å²) < 4.78 is 24.3. The second-order valence-corrected chi connectivity index (χ2v) is 5.85. The van der Waals surface area contributed by atoms with Gasteiger partial charge in [-0.05, 0) is 12.8 Å². The molecule has 1 atom stereocenters. The molecule has 0 aromatic heterocycles. The van der Waals surface area contributed by atoms with Crippen molar-refractivity contribution in [3.05, 3.63) is 12.7 Å². The maximum absolute atomic E-state index is 11.7. The molecule has 6 heteroatoms. The first-order chi connectivity index (χ1) is 7.46. The molecule has 1 N–H and O–H groups in total. The Kier molecular flexibility index (Phi) is 4.49. The predicted molar refractivity (Wildman–Crippen MR) is 62.4 cm³/mol. The molecule has 16 heavy (non-hydrogen) atoms. The van der Waals surface area contributed by atoms with Gasteiger partial charge in [-0.25, -0.2) is 8.42 Å². The van der Waals surface area contributed by atoms with Gasteiger partial charge >= 0.3 is 0 Å². The SMILES string of the molecule is C=CCNC(=O)[C@H]1CCCCN1S(C)(=O)=O. The minimum Gasteiger partial charge on any atom is -0.351 e. The second kappa shape index (κ2) is 5.45. The van der Waals surface area contributed by atoms with Crippen LogP contribution in [0.2, 0.25) is 0 Å². The van der Waals surface area contributed by atoms with Crippen molar-refractivity contribution < 1.29 is 13.2 Å². The van der Waals surface area contributed by atoms with Crippen LogP contribution in [0.5, 0.6) is 0 Å². The quantitative estimate of drug-likeness (QED) is 0.716. The van der Waals surface area contributed by atoms with E-state index in [2.05, 4.69) is 11.9 Å². The fourth-order valence-corrected chi connectivity index (χ4v) is 2.98. The van der Waals surface area contributed by atoms with E-state index in [1.165, 1.54) is 4.31 Å². The van der Waals surface area contributed by atoms with Gasteiger partial charge in [0.1, 0.15) is 6.04 Å². The highest BCUT2D eigenvalue weighted by Gasteiger charge is 2.33. The van der Waals surface area contributed by atoms with E-state index in [1.54, 1.807) is 6.08 Å². The van der Waals surface area contributed by atoms with Crippen LogP contribution in [0.3, 0.4) is 0 Å². The van der Waals surface area contributed by atoms with Gasteiger partial charge in [-0.2, -0.15) is 4.31 Å².